The summed E-state index contributed by atoms with van der Waals surface area (Å²) in [4.78, 5) is 6.57. The van der Waals surface area contributed by atoms with Gasteiger partial charge in [0.25, 0.3) is 0 Å². The molecule has 46 heavy (non-hydrogen) atoms. The van der Waals surface area contributed by atoms with Crippen LogP contribution in [0.5, 0.6) is 23.0 Å². The molecule has 5 aromatic carbocycles. The third-order valence-electron chi connectivity index (χ3n) is 8.66. The van der Waals surface area contributed by atoms with Crippen LogP contribution in [0.15, 0.2) is 146 Å². The van der Waals surface area contributed by atoms with Crippen molar-refractivity contribution in [2.45, 2.75) is 19.3 Å². The fraction of sp³-hybridized carbons (Fsp3) is 0.0750. The lowest BCUT2D eigenvalue weighted by molar-refractivity contribution is 0.431. The molecular formula is C40H30N4O2. The third kappa shape index (κ3) is 4.54. The van der Waals surface area contributed by atoms with Crippen LogP contribution >= 0.6 is 0 Å². The summed E-state index contributed by atoms with van der Waals surface area (Å²) in [5.41, 5.74) is 8.62. The van der Waals surface area contributed by atoms with Gasteiger partial charge >= 0.3 is 0 Å². The van der Waals surface area contributed by atoms with Crippen LogP contribution < -0.4 is 9.47 Å². The highest BCUT2D eigenvalue weighted by molar-refractivity contribution is 5.74. The largest absolute Gasteiger partial charge is 0.457 e. The lowest BCUT2D eigenvalue weighted by Crippen LogP contribution is -2.35. The number of aromatic nitrogens is 4. The average Bonchev–Trinajstić information content (AvgIpc) is 3.63. The van der Waals surface area contributed by atoms with Gasteiger partial charge in [-0.3, -0.25) is 4.98 Å². The molecule has 0 N–H and O–H groups in total. The number of hydrogen-bond acceptors (Lipinski definition) is 5. The monoisotopic (exact) mass is 598 g/mol. The molecular weight excluding hydrogens is 568 g/mol. The topological polar surface area (TPSA) is 62.1 Å². The fourth-order valence-electron chi connectivity index (χ4n) is 6.76. The van der Waals surface area contributed by atoms with Gasteiger partial charge in [-0.15, -0.1) is 0 Å². The molecule has 0 atom stereocenters. The summed E-state index contributed by atoms with van der Waals surface area (Å²) in [6, 6.07) is 43.3. The van der Waals surface area contributed by atoms with Gasteiger partial charge < -0.3 is 9.47 Å². The lowest BCUT2D eigenvalue weighted by Gasteiger charge is -2.40. The van der Waals surface area contributed by atoms with Crippen LogP contribution in [-0.2, 0) is 5.41 Å². The summed E-state index contributed by atoms with van der Waals surface area (Å²) in [6.45, 7) is 4.26. The number of para-hydroxylation sites is 2. The molecule has 0 aliphatic carbocycles. The van der Waals surface area contributed by atoms with Gasteiger partial charge in [0.1, 0.15) is 23.0 Å². The second-order valence-corrected chi connectivity index (χ2v) is 11.5. The van der Waals surface area contributed by atoms with Gasteiger partial charge in [-0.05, 0) is 90.2 Å². The summed E-state index contributed by atoms with van der Waals surface area (Å²) in [5.74, 6) is 2.99. The molecule has 0 fully saturated rings. The van der Waals surface area contributed by atoms with Crippen molar-refractivity contribution in [3.05, 3.63) is 179 Å². The van der Waals surface area contributed by atoms with E-state index < -0.39 is 5.41 Å². The number of aryl methyl sites for hydroxylation is 2. The molecule has 0 amide bonds. The van der Waals surface area contributed by atoms with Crippen LogP contribution in [0.2, 0.25) is 0 Å². The average molecular weight is 599 g/mol. The van der Waals surface area contributed by atoms with Gasteiger partial charge in [0.15, 0.2) is 0 Å². The SMILES string of the molecule is Cc1cccc(C)c1-c1cc(Oc2cccc(C3(c4ccccn4)c4ccccc4Oc4ccccc43)c2)cc(-n2nccn2)c1. The van der Waals surface area contributed by atoms with Crippen LogP contribution in [0.4, 0.5) is 0 Å². The first-order chi connectivity index (χ1) is 22.6. The molecule has 0 saturated carbocycles. The van der Waals surface area contributed by atoms with E-state index in [4.69, 9.17) is 14.5 Å². The molecule has 3 heterocycles. The Labute approximate surface area is 267 Å². The van der Waals surface area contributed by atoms with Crippen molar-refractivity contribution in [3.63, 3.8) is 0 Å². The first kappa shape index (κ1) is 27.5. The van der Waals surface area contributed by atoms with Crippen LogP contribution in [-0.4, -0.2) is 20.0 Å². The highest BCUT2D eigenvalue weighted by atomic mass is 16.5. The Balaban J connectivity index is 1.31. The molecule has 2 aromatic heterocycles. The Morgan fingerprint density at radius 3 is 1.98 bits per heavy atom. The molecule has 0 bridgehead atoms. The third-order valence-corrected chi connectivity index (χ3v) is 8.66. The maximum atomic E-state index is 6.73. The Bertz CT molecular complexity index is 2130. The van der Waals surface area contributed by atoms with Gasteiger partial charge in [0.05, 0.1) is 29.2 Å². The van der Waals surface area contributed by atoms with Gasteiger partial charge in [-0.25, -0.2) is 0 Å². The van der Waals surface area contributed by atoms with Crippen molar-refractivity contribution < 1.29 is 9.47 Å². The van der Waals surface area contributed by atoms with Crippen molar-refractivity contribution in [2.75, 3.05) is 0 Å². The second kappa shape index (κ2) is 11.2. The molecule has 0 spiro atoms. The number of nitrogens with zero attached hydrogens (tertiary/aromatic N) is 4. The van der Waals surface area contributed by atoms with E-state index in [1.807, 2.05) is 60.8 Å². The number of benzene rings is 5. The Morgan fingerprint density at radius 1 is 0.609 bits per heavy atom. The van der Waals surface area contributed by atoms with E-state index in [9.17, 15) is 0 Å². The summed E-state index contributed by atoms with van der Waals surface area (Å²) in [6.07, 6.45) is 5.20. The van der Waals surface area contributed by atoms with Crippen molar-refractivity contribution in [1.82, 2.24) is 20.0 Å². The highest BCUT2D eigenvalue weighted by Gasteiger charge is 2.46. The quantitative estimate of drug-likeness (QED) is 0.191. The summed E-state index contributed by atoms with van der Waals surface area (Å²) in [5, 5.41) is 8.81. The standard InChI is InChI=1S/C40H30N4O2/c1-27-11-9-12-28(2)39(27)29-23-31(44-42-21-22-43-44)26-33(24-29)45-32-14-10-13-30(25-32)40(38-19-7-8-20-41-38)34-15-3-5-17-36(34)46-37-18-6-4-16-35(37)40/h3-26H,1-2H3. The molecule has 8 rings (SSSR count). The van der Waals surface area contributed by atoms with E-state index in [0.717, 1.165) is 45.1 Å². The van der Waals surface area contributed by atoms with Crippen LogP contribution in [0.3, 0.4) is 0 Å². The number of hydrogen-bond donors (Lipinski definition) is 0. The molecule has 6 nitrogen and oxygen atoms in total. The molecule has 0 radical (unpaired) electrons. The predicted molar refractivity (Wildman–Crippen MR) is 179 cm³/mol. The smallest absolute Gasteiger partial charge is 0.132 e. The van der Waals surface area contributed by atoms with E-state index in [2.05, 4.69) is 96.8 Å². The Morgan fingerprint density at radius 2 is 1.28 bits per heavy atom. The first-order valence-electron chi connectivity index (χ1n) is 15.3. The molecule has 6 heteroatoms. The zero-order valence-corrected chi connectivity index (χ0v) is 25.5. The minimum atomic E-state index is -0.740. The Hall–Kier alpha value is -6.01. The number of rotatable bonds is 6. The maximum absolute atomic E-state index is 6.73. The van der Waals surface area contributed by atoms with Gasteiger partial charge in [0, 0.05) is 23.4 Å². The first-order valence-corrected chi connectivity index (χ1v) is 15.3. The minimum Gasteiger partial charge on any atom is -0.457 e. The van der Waals surface area contributed by atoms with E-state index in [0.29, 0.717) is 11.5 Å². The van der Waals surface area contributed by atoms with Crippen molar-refractivity contribution >= 4 is 0 Å². The van der Waals surface area contributed by atoms with Crippen molar-refractivity contribution in [1.29, 1.82) is 0 Å². The van der Waals surface area contributed by atoms with E-state index >= 15 is 0 Å². The molecule has 0 saturated heterocycles. The molecule has 1 aliphatic rings. The zero-order chi connectivity index (χ0) is 31.1. The predicted octanol–water partition coefficient (Wildman–Crippen LogP) is 9.23. The van der Waals surface area contributed by atoms with Crippen molar-refractivity contribution in [3.8, 4) is 39.8 Å². The number of ether oxygens (including phenoxy) is 2. The summed E-state index contributed by atoms with van der Waals surface area (Å²) in [7, 11) is 0. The van der Waals surface area contributed by atoms with Crippen LogP contribution in [0, 0.1) is 13.8 Å². The van der Waals surface area contributed by atoms with E-state index in [-0.39, 0.29) is 0 Å². The Kier molecular flexibility index (Phi) is 6.68. The highest BCUT2D eigenvalue weighted by Crippen LogP contribution is 2.55. The summed E-state index contributed by atoms with van der Waals surface area (Å²) >= 11 is 0. The fourth-order valence-corrected chi connectivity index (χ4v) is 6.76. The number of fused-ring (bicyclic) bond motifs is 2. The number of pyridine rings is 1. The molecule has 7 aromatic rings. The van der Waals surface area contributed by atoms with Gasteiger partial charge in [-0.2, -0.15) is 15.0 Å². The summed E-state index contributed by atoms with van der Waals surface area (Å²) < 4.78 is 13.2. The van der Waals surface area contributed by atoms with Crippen LogP contribution in [0.25, 0.3) is 16.8 Å². The lowest BCUT2D eigenvalue weighted by atomic mass is 9.65. The second-order valence-electron chi connectivity index (χ2n) is 11.5. The van der Waals surface area contributed by atoms with E-state index in [1.165, 1.54) is 16.7 Å². The van der Waals surface area contributed by atoms with Crippen LogP contribution in [0.1, 0.15) is 33.5 Å². The molecule has 0 unspecified atom stereocenters. The normalized spacial score (nSPS) is 12.9. The van der Waals surface area contributed by atoms with Gasteiger partial charge in [0.2, 0.25) is 0 Å². The molecule has 1 aliphatic heterocycles. The maximum Gasteiger partial charge on any atom is 0.132 e. The van der Waals surface area contributed by atoms with Gasteiger partial charge in [-0.1, -0.05) is 72.8 Å². The van der Waals surface area contributed by atoms with Crippen molar-refractivity contribution in [2.24, 2.45) is 0 Å². The minimum absolute atomic E-state index is 0.685. The zero-order valence-electron chi connectivity index (χ0n) is 25.5. The molecule has 222 valence electrons. The van der Waals surface area contributed by atoms with E-state index in [1.54, 1.807) is 17.2 Å².